The van der Waals surface area contributed by atoms with Gasteiger partial charge in [-0.05, 0) is 42.0 Å². The Morgan fingerprint density at radius 2 is 1.92 bits per heavy atom. The van der Waals surface area contributed by atoms with Crippen LogP contribution in [0.15, 0.2) is 52.3 Å². The van der Waals surface area contributed by atoms with Gasteiger partial charge in [-0.1, -0.05) is 17.7 Å². The van der Waals surface area contributed by atoms with Gasteiger partial charge in [-0.25, -0.2) is 8.42 Å². The van der Waals surface area contributed by atoms with Gasteiger partial charge >= 0.3 is 0 Å². The lowest BCUT2D eigenvalue weighted by atomic mass is 10.1. The zero-order valence-corrected chi connectivity index (χ0v) is 14.8. The van der Waals surface area contributed by atoms with Crippen LogP contribution in [0.5, 0.6) is 0 Å². The Bertz CT molecular complexity index is 1050. The number of rotatable bonds is 2. The highest BCUT2D eigenvalue weighted by molar-refractivity contribution is 7.91. The number of benzene rings is 2. The fourth-order valence-electron chi connectivity index (χ4n) is 3.43. The highest BCUT2D eigenvalue weighted by Gasteiger charge is 2.22. The van der Waals surface area contributed by atoms with Gasteiger partial charge in [0.25, 0.3) is 0 Å². The summed E-state index contributed by atoms with van der Waals surface area (Å²) in [4.78, 5) is 0.522. The van der Waals surface area contributed by atoms with Crippen LogP contribution in [0.3, 0.4) is 0 Å². The van der Waals surface area contributed by atoms with Gasteiger partial charge in [0.15, 0.2) is 0 Å². The second-order valence-corrected chi connectivity index (χ2v) is 8.44. The Morgan fingerprint density at radius 1 is 1.12 bits per heavy atom. The molecule has 2 heterocycles. The Kier molecular flexibility index (Phi) is 3.67. The highest BCUT2D eigenvalue weighted by atomic mass is 35.5. The second kappa shape index (κ2) is 5.62. The SMILES string of the molecule is Cn1c2c(c3cc(S(=O)(=O)c4cccc(Cl)c4)ccc31)CNCC2. The number of nitrogens with zero attached hydrogens (tertiary/aromatic N) is 1. The number of nitrogens with one attached hydrogen (secondary N) is 1. The highest BCUT2D eigenvalue weighted by Crippen LogP contribution is 2.31. The topological polar surface area (TPSA) is 51.1 Å². The van der Waals surface area contributed by atoms with E-state index in [0.29, 0.717) is 9.92 Å². The average molecular weight is 361 g/mol. The third-order valence-electron chi connectivity index (χ3n) is 4.66. The molecule has 0 spiro atoms. The van der Waals surface area contributed by atoms with Crippen LogP contribution in [0.2, 0.25) is 5.02 Å². The number of halogens is 1. The molecule has 6 heteroatoms. The Hall–Kier alpha value is -1.82. The first-order chi connectivity index (χ1) is 11.5. The van der Waals surface area contributed by atoms with Gasteiger partial charge in [0.1, 0.15) is 0 Å². The molecule has 1 aromatic heterocycles. The predicted molar refractivity (Wildman–Crippen MR) is 95.2 cm³/mol. The van der Waals surface area contributed by atoms with Crippen LogP contribution in [-0.2, 0) is 29.9 Å². The maximum absolute atomic E-state index is 12.9. The molecule has 3 aromatic rings. The Labute approximate surface area is 146 Å². The van der Waals surface area contributed by atoms with Crippen molar-refractivity contribution >= 4 is 32.3 Å². The van der Waals surface area contributed by atoms with Crippen molar-refractivity contribution < 1.29 is 8.42 Å². The van der Waals surface area contributed by atoms with Crippen molar-refractivity contribution in [2.45, 2.75) is 22.8 Å². The van der Waals surface area contributed by atoms with Crippen molar-refractivity contribution in [2.75, 3.05) is 6.54 Å². The molecule has 0 unspecified atom stereocenters. The molecule has 124 valence electrons. The van der Waals surface area contributed by atoms with Gasteiger partial charge in [-0.15, -0.1) is 0 Å². The normalized spacial score (nSPS) is 14.8. The van der Waals surface area contributed by atoms with Crippen molar-refractivity contribution in [1.82, 2.24) is 9.88 Å². The minimum atomic E-state index is -3.58. The molecular weight excluding hydrogens is 344 g/mol. The number of hydrogen-bond donors (Lipinski definition) is 1. The molecule has 0 saturated carbocycles. The first kappa shape index (κ1) is 15.7. The van der Waals surface area contributed by atoms with Gasteiger partial charge in [0.05, 0.1) is 9.79 Å². The molecule has 1 aliphatic heterocycles. The van der Waals surface area contributed by atoms with Crippen LogP contribution < -0.4 is 5.32 Å². The van der Waals surface area contributed by atoms with E-state index in [-0.39, 0.29) is 4.90 Å². The summed E-state index contributed by atoms with van der Waals surface area (Å²) in [6, 6.07) is 11.8. The van der Waals surface area contributed by atoms with Gasteiger partial charge in [-0.2, -0.15) is 0 Å². The fourth-order valence-corrected chi connectivity index (χ4v) is 5.01. The summed E-state index contributed by atoms with van der Waals surface area (Å²) in [6.07, 6.45) is 0.955. The molecule has 0 aliphatic carbocycles. The van der Waals surface area contributed by atoms with Crippen LogP contribution in [0.4, 0.5) is 0 Å². The fraction of sp³-hybridized carbons (Fsp3) is 0.222. The number of hydrogen-bond acceptors (Lipinski definition) is 3. The lowest BCUT2D eigenvalue weighted by Crippen LogP contribution is -2.24. The van der Waals surface area contributed by atoms with Crippen molar-refractivity contribution in [3.05, 3.63) is 58.7 Å². The number of sulfone groups is 1. The van der Waals surface area contributed by atoms with Crippen molar-refractivity contribution in [3.8, 4) is 0 Å². The van der Waals surface area contributed by atoms with E-state index in [9.17, 15) is 8.42 Å². The van der Waals surface area contributed by atoms with Crippen LogP contribution in [0.25, 0.3) is 10.9 Å². The quantitative estimate of drug-likeness (QED) is 0.762. The zero-order chi connectivity index (χ0) is 16.9. The molecule has 0 fully saturated rings. The molecule has 0 saturated heterocycles. The monoisotopic (exact) mass is 360 g/mol. The van der Waals surface area contributed by atoms with E-state index in [1.54, 1.807) is 30.3 Å². The number of fused-ring (bicyclic) bond motifs is 3. The van der Waals surface area contributed by atoms with Crippen molar-refractivity contribution in [3.63, 3.8) is 0 Å². The first-order valence-electron chi connectivity index (χ1n) is 7.80. The van der Waals surface area contributed by atoms with Crippen molar-refractivity contribution in [1.29, 1.82) is 0 Å². The standard InChI is InChI=1S/C18H17ClN2O2S/c1-21-17-6-5-14(10-15(17)16-11-20-8-7-18(16)21)24(22,23)13-4-2-3-12(19)9-13/h2-6,9-10,20H,7-8,11H2,1H3. The summed E-state index contributed by atoms with van der Waals surface area (Å²) >= 11 is 5.96. The minimum Gasteiger partial charge on any atom is -0.347 e. The van der Waals surface area contributed by atoms with Gasteiger partial charge in [0.2, 0.25) is 9.84 Å². The third-order valence-corrected chi connectivity index (χ3v) is 6.65. The lowest BCUT2D eigenvalue weighted by Gasteiger charge is -2.14. The molecule has 0 radical (unpaired) electrons. The molecule has 1 N–H and O–H groups in total. The van der Waals surface area contributed by atoms with E-state index in [0.717, 1.165) is 30.4 Å². The maximum Gasteiger partial charge on any atom is 0.206 e. The molecule has 24 heavy (non-hydrogen) atoms. The molecule has 4 nitrogen and oxygen atoms in total. The van der Waals surface area contributed by atoms with Crippen LogP contribution in [0, 0.1) is 0 Å². The van der Waals surface area contributed by atoms with Crippen LogP contribution >= 0.6 is 11.6 Å². The van der Waals surface area contributed by atoms with E-state index in [1.807, 2.05) is 13.1 Å². The maximum atomic E-state index is 12.9. The summed E-state index contributed by atoms with van der Waals surface area (Å²) in [7, 11) is -1.55. The van der Waals surface area contributed by atoms with E-state index >= 15 is 0 Å². The molecule has 0 amide bonds. The van der Waals surface area contributed by atoms with Gasteiger partial charge in [0, 0.05) is 48.2 Å². The average Bonchev–Trinajstić information content (AvgIpc) is 2.88. The van der Waals surface area contributed by atoms with Crippen LogP contribution in [-0.4, -0.2) is 19.5 Å². The summed E-state index contributed by atoms with van der Waals surface area (Å²) in [5.74, 6) is 0. The van der Waals surface area contributed by atoms with Crippen molar-refractivity contribution in [2.24, 2.45) is 7.05 Å². The molecule has 4 rings (SSSR count). The molecule has 0 bridgehead atoms. The minimum absolute atomic E-state index is 0.220. The van der Waals surface area contributed by atoms with E-state index in [4.69, 9.17) is 11.6 Å². The Balaban J connectivity index is 1.92. The summed E-state index contributed by atoms with van der Waals surface area (Å²) in [6.45, 7) is 1.72. The van der Waals surface area contributed by atoms with E-state index < -0.39 is 9.84 Å². The Morgan fingerprint density at radius 3 is 2.71 bits per heavy atom. The molecule has 1 aliphatic rings. The largest absolute Gasteiger partial charge is 0.347 e. The zero-order valence-electron chi connectivity index (χ0n) is 13.2. The number of aryl methyl sites for hydroxylation is 1. The first-order valence-corrected chi connectivity index (χ1v) is 9.66. The molecule has 2 aromatic carbocycles. The lowest BCUT2D eigenvalue weighted by molar-refractivity contribution is 0.596. The second-order valence-electron chi connectivity index (χ2n) is 6.05. The van der Waals surface area contributed by atoms with Gasteiger partial charge in [-0.3, -0.25) is 0 Å². The number of aromatic nitrogens is 1. The predicted octanol–water partition coefficient (Wildman–Crippen LogP) is 3.31. The molecule has 0 atom stereocenters. The van der Waals surface area contributed by atoms with E-state index in [1.165, 1.54) is 17.3 Å². The summed E-state index contributed by atoms with van der Waals surface area (Å²) in [5.41, 5.74) is 3.54. The smallest absolute Gasteiger partial charge is 0.206 e. The van der Waals surface area contributed by atoms with Crippen LogP contribution in [0.1, 0.15) is 11.3 Å². The summed E-state index contributed by atoms with van der Waals surface area (Å²) in [5, 5.41) is 4.78. The van der Waals surface area contributed by atoms with E-state index in [2.05, 4.69) is 9.88 Å². The van der Waals surface area contributed by atoms with Gasteiger partial charge < -0.3 is 9.88 Å². The summed E-state index contributed by atoms with van der Waals surface area (Å²) < 4.78 is 28.0. The molecular formula is C18H17ClN2O2S. The third kappa shape index (κ3) is 2.35.